The first kappa shape index (κ1) is 11.6. The molecule has 1 heterocycles. The number of fused-ring (bicyclic) bond motifs is 1. The lowest BCUT2D eigenvalue weighted by Crippen LogP contribution is -2.33. The van der Waals surface area contributed by atoms with Crippen LogP contribution in [0.25, 0.3) is 0 Å². The predicted octanol–water partition coefficient (Wildman–Crippen LogP) is 2.86. The first-order valence-corrected chi connectivity index (χ1v) is 6.26. The van der Waals surface area contributed by atoms with Crippen molar-refractivity contribution in [2.24, 2.45) is 0 Å². The third kappa shape index (κ3) is 2.12. The first-order valence-electron chi connectivity index (χ1n) is 6.26. The van der Waals surface area contributed by atoms with Gasteiger partial charge < -0.3 is 11.1 Å². The average molecular weight is 253 g/mol. The van der Waals surface area contributed by atoms with E-state index in [0.717, 1.165) is 23.4 Å². The number of carbonyl (C=O) groups excluding carboxylic acids is 1. The zero-order chi connectivity index (χ0) is 13.2. The number of nitrogen functional groups attached to an aromatic ring is 1. The summed E-state index contributed by atoms with van der Waals surface area (Å²) in [5, 5.41) is 2.88. The number of rotatable bonds is 1. The molecule has 4 nitrogen and oxygen atoms in total. The molecule has 3 N–H and O–H groups in total. The van der Waals surface area contributed by atoms with Gasteiger partial charge in [-0.05, 0) is 30.2 Å². The van der Waals surface area contributed by atoms with Gasteiger partial charge in [0.25, 0.3) is 0 Å². The van der Waals surface area contributed by atoms with Gasteiger partial charge in [0, 0.05) is 12.2 Å². The number of nitrogens with two attached hydrogens (primary N) is 1. The molecule has 2 aromatic rings. The second-order valence-electron chi connectivity index (χ2n) is 4.55. The molecule has 0 aliphatic carbocycles. The summed E-state index contributed by atoms with van der Waals surface area (Å²) in [6.45, 7) is 0.669. The van der Waals surface area contributed by atoms with E-state index in [2.05, 4.69) is 5.32 Å². The van der Waals surface area contributed by atoms with Crippen LogP contribution >= 0.6 is 0 Å². The van der Waals surface area contributed by atoms with Gasteiger partial charge in [-0.1, -0.05) is 30.3 Å². The molecular weight excluding hydrogens is 238 g/mol. The van der Waals surface area contributed by atoms with Gasteiger partial charge in [-0.3, -0.25) is 4.90 Å². The predicted molar refractivity (Wildman–Crippen MR) is 77.4 cm³/mol. The van der Waals surface area contributed by atoms with E-state index in [9.17, 15) is 4.79 Å². The average Bonchev–Trinajstić information content (AvgIpc) is 2.85. The highest BCUT2D eigenvalue weighted by atomic mass is 16.2. The van der Waals surface area contributed by atoms with Crippen molar-refractivity contribution in [2.75, 3.05) is 22.5 Å². The van der Waals surface area contributed by atoms with Crippen molar-refractivity contribution in [3.05, 3.63) is 54.1 Å². The fourth-order valence-corrected chi connectivity index (χ4v) is 2.40. The fraction of sp³-hybridized carbons (Fsp3) is 0.133. The Kier molecular flexibility index (Phi) is 2.83. The summed E-state index contributed by atoms with van der Waals surface area (Å²) in [6, 6.07) is 15.1. The van der Waals surface area contributed by atoms with Crippen LogP contribution in [0.4, 0.5) is 21.9 Å². The Hall–Kier alpha value is -2.49. The monoisotopic (exact) mass is 253 g/mol. The van der Waals surface area contributed by atoms with Gasteiger partial charge in [0.15, 0.2) is 0 Å². The largest absolute Gasteiger partial charge is 0.397 e. The van der Waals surface area contributed by atoms with E-state index in [1.54, 1.807) is 4.90 Å². The maximum Gasteiger partial charge on any atom is 0.326 e. The van der Waals surface area contributed by atoms with Crippen molar-refractivity contribution in [3.8, 4) is 0 Å². The molecule has 0 spiro atoms. The number of nitrogens with one attached hydrogen (secondary N) is 1. The SMILES string of the molecule is Nc1cccc2c1N(C(=O)Nc1ccccc1)CC2. The van der Waals surface area contributed by atoms with E-state index < -0.39 is 0 Å². The fourth-order valence-electron chi connectivity index (χ4n) is 2.40. The van der Waals surface area contributed by atoms with E-state index in [0.29, 0.717) is 12.2 Å². The molecular formula is C15H15N3O. The lowest BCUT2D eigenvalue weighted by molar-refractivity contribution is 0.257. The minimum atomic E-state index is -0.136. The van der Waals surface area contributed by atoms with Crippen LogP contribution in [0.15, 0.2) is 48.5 Å². The minimum absolute atomic E-state index is 0.136. The molecule has 4 heteroatoms. The molecule has 1 aliphatic rings. The second-order valence-corrected chi connectivity index (χ2v) is 4.55. The normalized spacial score (nSPS) is 13.2. The van der Waals surface area contributed by atoms with Crippen LogP contribution in [0.2, 0.25) is 0 Å². The number of anilines is 3. The number of carbonyl (C=O) groups is 1. The summed E-state index contributed by atoms with van der Waals surface area (Å²) in [5.74, 6) is 0. The molecule has 0 saturated heterocycles. The zero-order valence-electron chi connectivity index (χ0n) is 10.5. The highest BCUT2D eigenvalue weighted by molar-refractivity contribution is 6.05. The van der Waals surface area contributed by atoms with Crippen LogP contribution in [-0.4, -0.2) is 12.6 Å². The zero-order valence-corrected chi connectivity index (χ0v) is 10.5. The van der Waals surface area contributed by atoms with Crippen LogP contribution in [-0.2, 0) is 6.42 Å². The number of para-hydroxylation sites is 2. The number of amides is 2. The van der Waals surface area contributed by atoms with Gasteiger partial charge in [0.1, 0.15) is 0 Å². The van der Waals surface area contributed by atoms with Crippen LogP contribution in [0.1, 0.15) is 5.56 Å². The molecule has 0 bridgehead atoms. The van der Waals surface area contributed by atoms with E-state index in [1.807, 2.05) is 48.5 Å². The third-order valence-corrected chi connectivity index (χ3v) is 3.30. The van der Waals surface area contributed by atoms with Gasteiger partial charge >= 0.3 is 6.03 Å². The van der Waals surface area contributed by atoms with Gasteiger partial charge in [-0.2, -0.15) is 0 Å². The van der Waals surface area contributed by atoms with E-state index in [4.69, 9.17) is 5.73 Å². The Bertz CT molecular complexity index is 610. The van der Waals surface area contributed by atoms with E-state index in [-0.39, 0.29) is 6.03 Å². The third-order valence-electron chi connectivity index (χ3n) is 3.30. The second kappa shape index (κ2) is 4.65. The summed E-state index contributed by atoms with van der Waals surface area (Å²) in [6.07, 6.45) is 0.850. The van der Waals surface area contributed by atoms with Crippen LogP contribution < -0.4 is 16.0 Å². The molecule has 96 valence electrons. The Morgan fingerprint density at radius 1 is 1.11 bits per heavy atom. The molecule has 0 fully saturated rings. The Labute approximate surface area is 111 Å². The van der Waals surface area contributed by atoms with Crippen molar-refractivity contribution < 1.29 is 4.79 Å². The molecule has 0 aromatic heterocycles. The first-order chi connectivity index (χ1) is 9.25. The highest BCUT2D eigenvalue weighted by Crippen LogP contribution is 2.33. The molecule has 0 atom stereocenters. The molecule has 2 aromatic carbocycles. The van der Waals surface area contributed by atoms with Crippen molar-refractivity contribution in [1.82, 2.24) is 0 Å². The summed E-state index contributed by atoms with van der Waals surface area (Å²) < 4.78 is 0. The Morgan fingerprint density at radius 3 is 2.68 bits per heavy atom. The maximum absolute atomic E-state index is 12.3. The van der Waals surface area contributed by atoms with Crippen molar-refractivity contribution in [3.63, 3.8) is 0 Å². The lowest BCUT2D eigenvalue weighted by atomic mass is 10.1. The molecule has 0 radical (unpaired) electrons. The smallest absolute Gasteiger partial charge is 0.326 e. The number of nitrogens with zero attached hydrogens (tertiary/aromatic N) is 1. The molecule has 3 rings (SSSR count). The standard InChI is InChI=1S/C15H15N3O/c16-13-8-4-5-11-9-10-18(14(11)13)15(19)17-12-6-2-1-3-7-12/h1-8H,9-10,16H2,(H,17,19). The molecule has 0 saturated carbocycles. The summed E-state index contributed by atoms with van der Waals surface area (Å²) in [5.41, 5.74) is 9.38. The van der Waals surface area contributed by atoms with E-state index in [1.165, 1.54) is 0 Å². The van der Waals surface area contributed by atoms with Crippen molar-refractivity contribution in [2.45, 2.75) is 6.42 Å². The Morgan fingerprint density at radius 2 is 1.89 bits per heavy atom. The van der Waals surface area contributed by atoms with Crippen LogP contribution in [0, 0.1) is 0 Å². The number of hydrogen-bond donors (Lipinski definition) is 2. The summed E-state index contributed by atoms with van der Waals surface area (Å²) in [7, 11) is 0. The Balaban J connectivity index is 1.84. The maximum atomic E-state index is 12.3. The summed E-state index contributed by atoms with van der Waals surface area (Å²) in [4.78, 5) is 14.0. The van der Waals surface area contributed by atoms with Crippen molar-refractivity contribution >= 4 is 23.1 Å². The number of benzene rings is 2. The van der Waals surface area contributed by atoms with Gasteiger partial charge in [0.2, 0.25) is 0 Å². The quantitative estimate of drug-likeness (QED) is 0.768. The number of hydrogen-bond acceptors (Lipinski definition) is 2. The van der Waals surface area contributed by atoms with Crippen molar-refractivity contribution in [1.29, 1.82) is 0 Å². The van der Waals surface area contributed by atoms with Crippen LogP contribution in [0.5, 0.6) is 0 Å². The van der Waals surface area contributed by atoms with Crippen LogP contribution in [0.3, 0.4) is 0 Å². The topological polar surface area (TPSA) is 58.4 Å². The van der Waals surface area contributed by atoms with Gasteiger partial charge in [-0.25, -0.2) is 4.79 Å². The van der Waals surface area contributed by atoms with Gasteiger partial charge in [0.05, 0.1) is 11.4 Å². The minimum Gasteiger partial charge on any atom is -0.397 e. The lowest BCUT2D eigenvalue weighted by Gasteiger charge is -2.19. The molecule has 19 heavy (non-hydrogen) atoms. The van der Waals surface area contributed by atoms with Gasteiger partial charge in [-0.15, -0.1) is 0 Å². The summed E-state index contributed by atoms with van der Waals surface area (Å²) >= 11 is 0. The molecule has 2 amide bonds. The van der Waals surface area contributed by atoms with E-state index >= 15 is 0 Å². The molecule has 1 aliphatic heterocycles. The highest BCUT2D eigenvalue weighted by Gasteiger charge is 2.26. The number of urea groups is 1. The molecule has 0 unspecified atom stereocenters.